The van der Waals surface area contributed by atoms with Crippen molar-refractivity contribution in [1.82, 2.24) is 15.3 Å². The lowest BCUT2D eigenvalue weighted by molar-refractivity contribution is -0.137. The van der Waals surface area contributed by atoms with E-state index < -0.39 is 11.8 Å². The molecule has 0 fully saturated rings. The van der Waals surface area contributed by atoms with Gasteiger partial charge in [-0.3, -0.25) is 9.59 Å². The fourth-order valence-corrected chi connectivity index (χ4v) is 3.39. The largest absolute Gasteiger partial charge is 0.494 e. The Kier molecular flexibility index (Phi) is 9.33. The van der Waals surface area contributed by atoms with Gasteiger partial charge in [0.1, 0.15) is 23.7 Å². The fraction of sp³-hybridized carbons (Fsp3) is 0.250. The summed E-state index contributed by atoms with van der Waals surface area (Å²) in [6.45, 7) is 1.13. The Hall–Kier alpha value is -3.76. The van der Waals surface area contributed by atoms with Gasteiger partial charge in [0.2, 0.25) is 5.91 Å². The average molecular weight is 502 g/mol. The van der Waals surface area contributed by atoms with Crippen molar-refractivity contribution in [3.8, 4) is 5.75 Å². The van der Waals surface area contributed by atoms with Gasteiger partial charge >= 0.3 is 5.97 Å². The third kappa shape index (κ3) is 7.62. The maximum Gasteiger partial charge on any atom is 0.303 e. The van der Waals surface area contributed by atoms with E-state index in [4.69, 9.17) is 21.4 Å². The predicted octanol–water partition coefficient (Wildman–Crippen LogP) is 4.51. The van der Waals surface area contributed by atoms with E-state index in [1.54, 1.807) is 18.2 Å². The lowest BCUT2D eigenvalue weighted by Crippen LogP contribution is -2.16. The van der Waals surface area contributed by atoms with Gasteiger partial charge in [-0.2, -0.15) is 0 Å². The standard InChI is InChI=1S/C24H25ClFN5O4/c1-35-21-13-19-16(24(29-14-28-19)30-15-7-8-18(26)17(25)11-15)12-20(21)31-22(32)5-4-10-27-9-3-2-6-23(33)34/h4-5,7-8,11-14,27H,2-3,6,9-10H2,1H3,(H,31,32)(H,33,34)(H,28,29,30)/b5-4+. The first kappa shape index (κ1) is 25.9. The van der Waals surface area contributed by atoms with E-state index in [1.165, 1.54) is 37.7 Å². The van der Waals surface area contributed by atoms with Gasteiger partial charge < -0.3 is 25.8 Å². The number of amides is 1. The Morgan fingerprint density at radius 1 is 1.20 bits per heavy atom. The van der Waals surface area contributed by atoms with Gasteiger partial charge in [-0.25, -0.2) is 14.4 Å². The summed E-state index contributed by atoms with van der Waals surface area (Å²) in [5, 5.41) is 18.2. The molecule has 0 spiro atoms. The Balaban J connectivity index is 1.68. The summed E-state index contributed by atoms with van der Waals surface area (Å²) in [7, 11) is 1.49. The summed E-state index contributed by atoms with van der Waals surface area (Å²) in [6, 6.07) is 7.60. The maximum atomic E-state index is 13.5. The summed E-state index contributed by atoms with van der Waals surface area (Å²) in [5.41, 5.74) is 1.54. The first-order valence-corrected chi connectivity index (χ1v) is 11.2. The predicted molar refractivity (Wildman–Crippen MR) is 133 cm³/mol. The number of benzene rings is 2. The quantitative estimate of drug-likeness (QED) is 0.211. The van der Waals surface area contributed by atoms with Crippen molar-refractivity contribution in [2.45, 2.75) is 19.3 Å². The number of carboxylic acid groups (broad SMARTS) is 1. The van der Waals surface area contributed by atoms with Crippen LogP contribution in [0.25, 0.3) is 10.9 Å². The van der Waals surface area contributed by atoms with E-state index >= 15 is 0 Å². The molecule has 1 amide bonds. The van der Waals surface area contributed by atoms with Gasteiger partial charge in [0.25, 0.3) is 0 Å². The minimum Gasteiger partial charge on any atom is -0.494 e. The second kappa shape index (κ2) is 12.6. The highest BCUT2D eigenvalue weighted by Gasteiger charge is 2.13. The number of fused-ring (bicyclic) bond motifs is 1. The van der Waals surface area contributed by atoms with E-state index in [9.17, 15) is 14.0 Å². The molecule has 0 saturated carbocycles. The maximum absolute atomic E-state index is 13.5. The topological polar surface area (TPSA) is 125 Å². The van der Waals surface area contributed by atoms with Crippen LogP contribution in [-0.2, 0) is 9.59 Å². The van der Waals surface area contributed by atoms with E-state index in [-0.39, 0.29) is 17.4 Å². The van der Waals surface area contributed by atoms with Gasteiger partial charge in [-0.05, 0) is 43.7 Å². The third-order valence-electron chi connectivity index (χ3n) is 4.92. The third-order valence-corrected chi connectivity index (χ3v) is 5.21. The number of ether oxygens (including phenoxy) is 1. The van der Waals surface area contributed by atoms with Crippen LogP contribution < -0.4 is 20.7 Å². The van der Waals surface area contributed by atoms with Crippen LogP contribution >= 0.6 is 11.6 Å². The number of carboxylic acids is 1. The summed E-state index contributed by atoms with van der Waals surface area (Å²) < 4.78 is 18.9. The molecule has 0 atom stereocenters. The molecule has 35 heavy (non-hydrogen) atoms. The zero-order chi connectivity index (χ0) is 25.2. The van der Waals surface area contributed by atoms with E-state index in [0.717, 1.165) is 6.42 Å². The normalized spacial score (nSPS) is 11.1. The number of carbonyl (C=O) groups excluding carboxylic acids is 1. The number of halogens is 2. The fourth-order valence-electron chi connectivity index (χ4n) is 3.21. The van der Waals surface area contributed by atoms with Crippen molar-refractivity contribution in [3.05, 3.63) is 59.7 Å². The number of methoxy groups -OCH3 is 1. The second-order valence-electron chi connectivity index (χ2n) is 7.49. The second-order valence-corrected chi connectivity index (χ2v) is 7.90. The SMILES string of the molecule is COc1cc2ncnc(Nc3ccc(F)c(Cl)c3)c2cc1NC(=O)/C=C/CNCCCCC(=O)O. The Morgan fingerprint density at radius 3 is 2.77 bits per heavy atom. The number of hydrogen-bond donors (Lipinski definition) is 4. The molecule has 0 aliphatic carbocycles. The average Bonchev–Trinajstić information content (AvgIpc) is 2.83. The van der Waals surface area contributed by atoms with Gasteiger partial charge in [0.05, 0.1) is 23.3 Å². The molecular weight excluding hydrogens is 477 g/mol. The summed E-state index contributed by atoms with van der Waals surface area (Å²) >= 11 is 5.87. The van der Waals surface area contributed by atoms with Crippen molar-refractivity contribution in [1.29, 1.82) is 0 Å². The van der Waals surface area contributed by atoms with Crippen molar-refractivity contribution in [2.75, 3.05) is 30.8 Å². The molecule has 1 heterocycles. The molecule has 4 N–H and O–H groups in total. The smallest absolute Gasteiger partial charge is 0.303 e. The zero-order valence-electron chi connectivity index (χ0n) is 19.0. The van der Waals surface area contributed by atoms with Gasteiger partial charge in [0, 0.05) is 36.2 Å². The molecule has 0 bridgehead atoms. The van der Waals surface area contributed by atoms with Crippen molar-refractivity contribution in [3.63, 3.8) is 0 Å². The molecule has 11 heteroatoms. The Bertz CT molecular complexity index is 1240. The van der Waals surface area contributed by atoms with Crippen LogP contribution in [0.3, 0.4) is 0 Å². The number of aliphatic carboxylic acids is 1. The van der Waals surface area contributed by atoms with Crippen LogP contribution in [0.2, 0.25) is 5.02 Å². The molecule has 0 aliphatic heterocycles. The van der Waals surface area contributed by atoms with Gasteiger partial charge in [-0.1, -0.05) is 17.7 Å². The Morgan fingerprint density at radius 2 is 2.03 bits per heavy atom. The lowest BCUT2D eigenvalue weighted by Gasteiger charge is -2.13. The first-order valence-electron chi connectivity index (χ1n) is 10.8. The highest BCUT2D eigenvalue weighted by molar-refractivity contribution is 6.31. The molecule has 9 nitrogen and oxygen atoms in total. The first-order chi connectivity index (χ1) is 16.9. The minimum atomic E-state index is -0.806. The van der Waals surface area contributed by atoms with Crippen LogP contribution in [0.5, 0.6) is 5.75 Å². The van der Waals surface area contributed by atoms with E-state index in [2.05, 4.69) is 25.9 Å². The molecule has 3 rings (SSSR count). The molecule has 2 aromatic carbocycles. The number of unbranched alkanes of at least 4 members (excludes halogenated alkanes) is 1. The van der Waals surface area contributed by atoms with Crippen molar-refractivity contribution >= 4 is 51.6 Å². The molecule has 0 unspecified atom stereocenters. The number of nitrogens with one attached hydrogen (secondary N) is 3. The van der Waals surface area contributed by atoms with Crippen LogP contribution in [-0.4, -0.2) is 47.2 Å². The number of hydrogen-bond acceptors (Lipinski definition) is 7. The molecular formula is C24H25ClFN5O4. The lowest BCUT2D eigenvalue weighted by atomic mass is 10.1. The molecule has 0 radical (unpaired) electrons. The van der Waals surface area contributed by atoms with Crippen molar-refractivity contribution < 1.29 is 23.8 Å². The number of nitrogens with zero attached hydrogens (tertiary/aromatic N) is 2. The summed E-state index contributed by atoms with van der Waals surface area (Å²) in [4.78, 5) is 31.4. The monoisotopic (exact) mass is 501 g/mol. The molecule has 3 aromatic rings. The van der Waals surface area contributed by atoms with Crippen LogP contribution in [0.1, 0.15) is 19.3 Å². The summed E-state index contributed by atoms with van der Waals surface area (Å²) in [6.07, 6.45) is 5.94. The number of rotatable bonds is 12. The van der Waals surface area contributed by atoms with Crippen LogP contribution in [0, 0.1) is 5.82 Å². The van der Waals surface area contributed by atoms with Crippen LogP contribution in [0.4, 0.5) is 21.6 Å². The molecule has 184 valence electrons. The van der Waals surface area contributed by atoms with Gasteiger partial charge in [0.15, 0.2) is 0 Å². The molecule has 1 aromatic heterocycles. The molecule has 0 aliphatic rings. The Labute approximate surface area is 206 Å². The highest BCUT2D eigenvalue weighted by Crippen LogP contribution is 2.33. The van der Waals surface area contributed by atoms with E-state index in [0.29, 0.717) is 53.4 Å². The summed E-state index contributed by atoms with van der Waals surface area (Å²) in [5.74, 6) is -0.823. The molecule has 0 saturated heterocycles. The van der Waals surface area contributed by atoms with Crippen molar-refractivity contribution in [2.24, 2.45) is 0 Å². The number of carbonyl (C=O) groups is 2. The number of anilines is 3. The van der Waals surface area contributed by atoms with Crippen LogP contribution in [0.15, 0.2) is 48.8 Å². The number of aromatic nitrogens is 2. The van der Waals surface area contributed by atoms with E-state index in [1.807, 2.05) is 0 Å². The minimum absolute atomic E-state index is 0.0236. The van der Waals surface area contributed by atoms with Gasteiger partial charge in [-0.15, -0.1) is 0 Å². The highest BCUT2D eigenvalue weighted by atomic mass is 35.5. The zero-order valence-corrected chi connectivity index (χ0v) is 19.7.